The van der Waals surface area contributed by atoms with Crippen LogP contribution in [0, 0.1) is 0 Å². The van der Waals surface area contributed by atoms with Gasteiger partial charge in [-0.15, -0.1) is 0 Å². The van der Waals surface area contributed by atoms with Crippen molar-refractivity contribution in [1.29, 1.82) is 0 Å². The Morgan fingerprint density at radius 1 is 1.14 bits per heavy atom. The van der Waals surface area contributed by atoms with Gasteiger partial charge in [-0.25, -0.2) is 4.52 Å². The monoisotopic (exact) mass is 280 g/mol. The standard InChI is InChI=1S/C15H12N4O2/c20-14(11-4-2-1-3-5-11)10-17-15(21)12-8-18-19-7-6-16-9-13(12)19/h1-9H,10H2,(H,17,21). The number of nitrogens with zero attached hydrogens (tertiary/aromatic N) is 3. The van der Waals surface area contributed by atoms with Crippen molar-refractivity contribution in [2.24, 2.45) is 0 Å². The van der Waals surface area contributed by atoms with Crippen molar-refractivity contribution in [3.63, 3.8) is 0 Å². The van der Waals surface area contributed by atoms with E-state index in [1.807, 2.05) is 6.07 Å². The van der Waals surface area contributed by atoms with E-state index in [2.05, 4.69) is 15.4 Å². The predicted molar refractivity (Wildman–Crippen MR) is 76.1 cm³/mol. The van der Waals surface area contributed by atoms with Crippen molar-refractivity contribution in [2.75, 3.05) is 6.54 Å². The van der Waals surface area contributed by atoms with Crippen LogP contribution < -0.4 is 5.32 Å². The second kappa shape index (κ2) is 5.54. The van der Waals surface area contributed by atoms with Gasteiger partial charge in [0.15, 0.2) is 5.78 Å². The summed E-state index contributed by atoms with van der Waals surface area (Å²) in [5.74, 6) is -0.485. The summed E-state index contributed by atoms with van der Waals surface area (Å²) in [6, 6.07) is 8.83. The molecule has 2 aromatic heterocycles. The molecule has 1 N–H and O–H groups in total. The topological polar surface area (TPSA) is 76.4 Å². The van der Waals surface area contributed by atoms with E-state index in [9.17, 15) is 9.59 Å². The highest BCUT2D eigenvalue weighted by atomic mass is 16.2. The molecule has 0 aliphatic heterocycles. The number of nitrogens with one attached hydrogen (secondary N) is 1. The number of benzene rings is 1. The first kappa shape index (κ1) is 13.0. The maximum Gasteiger partial charge on any atom is 0.255 e. The summed E-state index contributed by atoms with van der Waals surface area (Å²) in [6.45, 7) is -0.0551. The smallest absolute Gasteiger partial charge is 0.255 e. The van der Waals surface area contributed by atoms with E-state index < -0.39 is 0 Å². The van der Waals surface area contributed by atoms with E-state index in [1.54, 1.807) is 47.4 Å². The minimum absolute atomic E-state index is 0.0551. The fourth-order valence-corrected chi connectivity index (χ4v) is 1.99. The van der Waals surface area contributed by atoms with Gasteiger partial charge in [0.25, 0.3) is 5.91 Å². The second-order valence-corrected chi connectivity index (χ2v) is 4.44. The molecule has 3 rings (SSSR count). The lowest BCUT2D eigenvalue weighted by Crippen LogP contribution is -2.29. The van der Waals surface area contributed by atoms with E-state index in [0.29, 0.717) is 16.6 Å². The molecule has 21 heavy (non-hydrogen) atoms. The zero-order valence-electron chi connectivity index (χ0n) is 11.1. The van der Waals surface area contributed by atoms with Crippen LogP contribution in [-0.2, 0) is 0 Å². The summed E-state index contributed by atoms with van der Waals surface area (Å²) in [4.78, 5) is 28.0. The van der Waals surface area contributed by atoms with Crippen LogP contribution >= 0.6 is 0 Å². The van der Waals surface area contributed by atoms with Crippen molar-refractivity contribution >= 4 is 17.2 Å². The van der Waals surface area contributed by atoms with Crippen molar-refractivity contribution in [3.05, 3.63) is 66.2 Å². The van der Waals surface area contributed by atoms with Crippen LogP contribution in [0.2, 0.25) is 0 Å². The summed E-state index contributed by atoms with van der Waals surface area (Å²) >= 11 is 0. The van der Waals surface area contributed by atoms with Crippen LogP contribution in [0.4, 0.5) is 0 Å². The molecule has 0 unspecified atom stereocenters. The van der Waals surface area contributed by atoms with Crippen LogP contribution in [0.15, 0.2) is 55.1 Å². The van der Waals surface area contributed by atoms with Gasteiger partial charge in [0, 0.05) is 18.0 Å². The molecule has 0 aliphatic carbocycles. The fraction of sp³-hybridized carbons (Fsp3) is 0.0667. The average molecular weight is 280 g/mol. The number of hydrogen-bond donors (Lipinski definition) is 1. The van der Waals surface area contributed by atoms with Gasteiger partial charge < -0.3 is 5.32 Å². The molecule has 1 amide bonds. The number of fused-ring (bicyclic) bond motifs is 1. The zero-order valence-corrected chi connectivity index (χ0v) is 11.1. The molecule has 1 aromatic carbocycles. The molecule has 0 bridgehead atoms. The van der Waals surface area contributed by atoms with Gasteiger partial charge in [-0.2, -0.15) is 5.10 Å². The van der Waals surface area contributed by atoms with Crippen LogP contribution in [0.1, 0.15) is 20.7 Å². The van der Waals surface area contributed by atoms with Gasteiger partial charge in [-0.3, -0.25) is 14.6 Å². The Morgan fingerprint density at radius 2 is 1.95 bits per heavy atom. The number of hydrogen-bond acceptors (Lipinski definition) is 4. The minimum atomic E-state index is -0.345. The van der Waals surface area contributed by atoms with Gasteiger partial charge in [-0.1, -0.05) is 30.3 Å². The fourth-order valence-electron chi connectivity index (χ4n) is 1.99. The summed E-state index contributed by atoms with van der Waals surface area (Å²) in [6.07, 6.45) is 6.25. The molecule has 104 valence electrons. The van der Waals surface area contributed by atoms with Crippen molar-refractivity contribution in [1.82, 2.24) is 19.9 Å². The second-order valence-electron chi connectivity index (χ2n) is 4.44. The summed E-state index contributed by atoms with van der Waals surface area (Å²) in [5.41, 5.74) is 1.56. The van der Waals surface area contributed by atoms with Crippen LogP contribution in [0.3, 0.4) is 0 Å². The van der Waals surface area contributed by atoms with E-state index in [1.165, 1.54) is 6.20 Å². The molecule has 0 saturated carbocycles. The van der Waals surface area contributed by atoms with Crippen molar-refractivity contribution in [2.45, 2.75) is 0 Å². The van der Waals surface area contributed by atoms with E-state index >= 15 is 0 Å². The maximum absolute atomic E-state index is 12.1. The third kappa shape index (κ3) is 2.64. The highest BCUT2D eigenvalue weighted by molar-refractivity contribution is 6.04. The van der Waals surface area contributed by atoms with Crippen LogP contribution in [0.5, 0.6) is 0 Å². The molecular formula is C15H12N4O2. The lowest BCUT2D eigenvalue weighted by atomic mass is 10.1. The van der Waals surface area contributed by atoms with Crippen molar-refractivity contribution < 1.29 is 9.59 Å². The Labute approximate surface area is 120 Å². The number of carbonyl (C=O) groups excluding carboxylic acids is 2. The molecule has 0 atom stereocenters. The predicted octanol–water partition coefficient (Wildman–Crippen LogP) is 1.34. The van der Waals surface area contributed by atoms with Crippen molar-refractivity contribution in [3.8, 4) is 0 Å². The molecule has 3 aromatic rings. The van der Waals surface area contributed by atoms with Gasteiger partial charge in [0.05, 0.1) is 30.0 Å². The third-order valence-corrected chi connectivity index (χ3v) is 3.07. The van der Waals surface area contributed by atoms with E-state index in [-0.39, 0.29) is 18.2 Å². The lowest BCUT2D eigenvalue weighted by Gasteiger charge is -2.03. The summed E-state index contributed by atoms with van der Waals surface area (Å²) < 4.78 is 1.56. The Balaban J connectivity index is 1.71. The Kier molecular flexibility index (Phi) is 3.42. The minimum Gasteiger partial charge on any atom is -0.344 e. The first-order valence-corrected chi connectivity index (χ1v) is 6.39. The number of Topliss-reactive ketones (excluding diaryl/α,β-unsaturated/α-hetero) is 1. The Hall–Kier alpha value is -3.02. The maximum atomic E-state index is 12.1. The van der Waals surface area contributed by atoms with Gasteiger partial charge >= 0.3 is 0 Å². The lowest BCUT2D eigenvalue weighted by molar-refractivity contribution is 0.0905. The quantitative estimate of drug-likeness (QED) is 0.732. The van der Waals surface area contributed by atoms with Gasteiger partial charge in [0.2, 0.25) is 0 Å². The number of ketones is 1. The van der Waals surface area contributed by atoms with Crippen LogP contribution in [0.25, 0.3) is 5.52 Å². The third-order valence-electron chi connectivity index (χ3n) is 3.07. The molecular weight excluding hydrogens is 268 g/mol. The first-order valence-electron chi connectivity index (χ1n) is 6.39. The average Bonchev–Trinajstić information content (AvgIpc) is 2.97. The van der Waals surface area contributed by atoms with Crippen LogP contribution in [-0.4, -0.2) is 32.8 Å². The number of amides is 1. The molecule has 0 aliphatic rings. The molecule has 0 radical (unpaired) electrons. The molecule has 0 fully saturated rings. The largest absolute Gasteiger partial charge is 0.344 e. The molecule has 0 spiro atoms. The zero-order chi connectivity index (χ0) is 14.7. The number of carbonyl (C=O) groups is 2. The highest BCUT2D eigenvalue weighted by Gasteiger charge is 2.14. The van der Waals surface area contributed by atoms with Gasteiger partial charge in [0.1, 0.15) is 0 Å². The molecule has 0 saturated heterocycles. The van der Waals surface area contributed by atoms with E-state index in [4.69, 9.17) is 0 Å². The Bertz CT molecular complexity index is 796. The molecule has 6 nitrogen and oxygen atoms in total. The number of rotatable bonds is 4. The van der Waals surface area contributed by atoms with E-state index in [0.717, 1.165) is 0 Å². The Morgan fingerprint density at radius 3 is 2.76 bits per heavy atom. The first-order chi connectivity index (χ1) is 10.3. The number of aromatic nitrogens is 3. The van der Waals surface area contributed by atoms with Gasteiger partial charge in [-0.05, 0) is 0 Å². The highest BCUT2D eigenvalue weighted by Crippen LogP contribution is 2.08. The normalized spacial score (nSPS) is 10.5. The molecule has 2 heterocycles. The molecule has 6 heteroatoms. The summed E-state index contributed by atoms with van der Waals surface area (Å²) in [5, 5.41) is 6.66. The summed E-state index contributed by atoms with van der Waals surface area (Å²) in [7, 11) is 0. The SMILES string of the molecule is O=C(CNC(=O)c1cnn2ccncc12)c1ccccc1.